The highest BCUT2D eigenvalue weighted by atomic mass is 19.1. The van der Waals surface area contributed by atoms with E-state index in [4.69, 9.17) is 4.42 Å². The van der Waals surface area contributed by atoms with E-state index in [2.05, 4.69) is 10.3 Å². The molecule has 1 amide bonds. The van der Waals surface area contributed by atoms with E-state index in [9.17, 15) is 28.1 Å². The summed E-state index contributed by atoms with van der Waals surface area (Å²) in [5.74, 6) is -2.81. The fourth-order valence-electron chi connectivity index (χ4n) is 2.41. The first-order valence-electron chi connectivity index (χ1n) is 7.97. The number of anilines is 1. The second-order valence-electron chi connectivity index (χ2n) is 5.71. The first-order chi connectivity index (χ1) is 13.3. The fraction of sp³-hybridized carbons (Fsp3) is 0.111. The lowest BCUT2D eigenvalue weighted by molar-refractivity contribution is -0.387. The molecule has 7 nitrogen and oxygen atoms in total. The van der Waals surface area contributed by atoms with Crippen LogP contribution in [0.4, 0.5) is 24.5 Å². The molecule has 144 valence electrons. The van der Waals surface area contributed by atoms with Crippen molar-refractivity contribution in [3.63, 3.8) is 0 Å². The van der Waals surface area contributed by atoms with Crippen LogP contribution in [0.25, 0.3) is 11.3 Å². The van der Waals surface area contributed by atoms with Gasteiger partial charge in [0.15, 0.2) is 11.7 Å². The summed E-state index contributed by atoms with van der Waals surface area (Å²) in [5, 5.41) is 13.1. The van der Waals surface area contributed by atoms with Crippen molar-refractivity contribution >= 4 is 17.3 Å². The Hall–Kier alpha value is -3.69. The van der Waals surface area contributed by atoms with Gasteiger partial charge in [-0.3, -0.25) is 14.9 Å². The molecule has 0 fully saturated rings. The minimum Gasteiger partial charge on any atom is -0.441 e. The first-order valence-corrected chi connectivity index (χ1v) is 7.97. The molecule has 0 bridgehead atoms. The molecule has 0 aliphatic rings. The Morgan fingerprint density at radius 1 is 1.14 bits per heavy atom. The van der Waals surface area contributed by atoms with Crippen molar-refractivity contribution in [2.24, 2.45) is 0 Å². The lowest BCUT2D eigenvalue weighted by Crippen LogP contribution is -2.12. The van der Waals surface area contributed by atoms with Gasteiger partial charge in [0.1, 0.15) is 11.6 Å². The highest BCUT2D eigenvalue weighted by molar-refractivity contribution is 5.91. The molecule has 2 aromatic carbocycles. The molecule has 0 spiro atoms. The smallest absolute Gasteiger partial charge is 0.306 e. The average molecular weight is 391 g/mol. The van der Waals surface area contributed by atoms with Crippen LogP contribution in [0, 0.1) is 27.6 Å². The van der Waals surface area contributed by atoms with Crippen LogP contribution in [-0.4, -0.2) is 15.8 Å². The Bertz CT molecular complexity index is 1050. The van der Waals surface area contributed by atoms with Crippen molar-refractivity contribution in [1.82, 2.24) is 4.98 Å². The molecule has 0 aliphatic carbocycles. The summed E-state index contributed by atoms with van der Waals surface area (Å²) in [4.78, 5) is 25.7. The van der Waals surface area contributed by atoms with E-state index >= 15 is 0 Å². The third-order valence-corrected chi connectivity index (χ3v) is 3.74. The molecule has 0 saturated heterocycles. The van der Waals surface area contributed by atoms with Crippen LogP contribution in [-0.2, 0) is 11.2 Å². The number of aromatic nitrogens is 1. The molecule has 3 aromatic rings. The SMILES string of the molecule is O=C(CCc1ncc(-c2ccc(F)cc2F)o1)Nc1ccc(F)c([N+](=O)[O-])c1. The number of nitro groups is 1. The standard InChI is InChI=1S/C18H12F3N3O4/c19-10-1-3-12(14(21)7-10)16-9-22-18(28-16)6-5-17(25)23-11-2-4-13(20)15(8-11)24(26)27/h1-4,7-9H,5-6H2,(H,23,25). The maximum Gasteiger partial charge on any atom is 0.306 e. The van der Waals surface area contributed by atoms with Gasteiger partial charge in [0.05, 0.1) is 16.7 Å². The van der Waals surface area contributed by atoms with Gasteiger partial charge in [-0.2, -0.15) is 4.39 Å². The van der Waals surface area contributed by atoms with Crippen molar-refractivity contribution in [2.45, 2.75) is 12.8 Å². The highest BCUT2D eigenvalue weighted by Gasteiger charge is 2.16. The molecule has 1 heterocycles. The molecule has 1 aromatic heterocycles. The van der Waals surface area contributed by atoms with Crippen molar-refractivity contribution in [2.75, 3.05) is 5.32 Å². The van der Waals surface area contributed by atoms with E-state index in [1.54, 1.807) is 0 Å². The zero-order valence-corrected chi connectivity index (χ0v) is 14.1. The number of carbonyl (C=O) groups is 1. The number of halogens is 3. The number of nitrogens with zero attached hydrogens (tertiary/aromatic N) is 2. The van der Waals surface area contributed by atoms with Gasteiger partial charge in [0.2, 0.25) is 11.7 Å². The molecule has 28 heavy (non-hydrogen) atoms. The van der Waals surface area contributed by atoms with Gasteiger partial charge in [-0.05, 0) is 24.3 Å². The summed E-state index contributed by atoms with van der Waals surface area (Å²) >= 11 is 0. The second kappa shape index (κ2) is 7.91. The second-order valence-corrected chi connectivity index (χ2v) is 5.71. The Balaban J connectivity index is 1.62. The van der Waals surface area contributed by atoms with Crippen LogP contribution in [0.3, 0.4) is 0 Å². The zero-order valence-electron chi connectivity index (χ0n) is 14.1. The molecule has 0 saturated carbocycles. The van der Waals surface area contributed by atoms with Crippen LogP contribution in [0.15, 0.2) is 47.0 Å². The Morgan fingerprint density at radius 3 is 2.64 bits per heavy atom. The Kier molecular flexibility index (Phi) is 5.39. The lowest BCUT2D eigenvalue weighted by Gasteiger charge is -2.04. The minimum atomic E-state index is -1.01. The molecule has 0 radical (unpaired) electrons. The topological polar surface area (TPSA) is 98.3 Å². The fourth-order valence-corrected chi connectivity index (χ4v) is 2.41. The van der Waals surface area contributed by atoms with Gasteiger partial charge in [-0.25, -0.2) is 13.8 Å². The van der Waals surface area contributed by atoms with E-state index in [0.29, 0.717) is 6.07 Å². The van der Waals surface area contributed by atoms with E-state index in [-0.39, 0.29) is 35.7 Å². The van der Waals surface area contributed by atoms with Gasteiger partial charge in [0, 0.05) is 30.7 Å². The van der Waals surface area contributed by atoms with Gasteiger partial charge >= 0.3 is 5.69 Å². The van der Waals surface area contributed by atoms with Gasteiger partial charge in [0.25, 0.3) is 0 Å². The maximum absolute atomic E-state index is 13.8. The minimum absolute atomic E-state index is 0.0308. The van der Waals surface area contributed by atoms with Gasteiger partial charge in [-0.1, -0.05) is 0 Å². The summed E-state index contributed by atoms with van der Waals surface area (Å²) in [6.07, 6.45) is 1.24. The number of nitro benzene ring substituents is 1. The van der Waals surface area contributed by atoms with Crippen molar-refractivity contribution < 1.29 is 27.3 Å². The van der Waals surface area contributed by atoms with E-state index in [1.807, 2.05) is 0 Å². The highest BCUT2D eigenvalue weighted by Crippen LogP contribution is 2.25. The number of aryl methyl sites for hydroxylation is 1. The molecular weight excluding hydrogens is 379 g/mol. The van der Waals surface area contributed by atoms with Crippen LogP contribution >= 0.6 is 0 Å². The van der Waals surface area contributed by atoms with E-state index < -0.39 is 34.0 Å². The Morgan fingerprint density at radius 2 is 1.93 bits per heavy atom. The average Bonchev–Trinajstić information content (AvgIpc) is 3.10. The van der Waals surface area contributed by atoms with Crippen LogP contribution in [0.2, 0.25) is 0 Å². The summed E-state index contributed by atoms with van der Waals surface area (Å²) in [6.45, 7) is 0. The van der Waals surface area contributed by atoms with E-state index in [1.165, 1.54) is 18.3 Å². The molecule has 0 unspecified atom stereocenters. The first kappa shape index (κ1) is 19.1. The predicted molar refractivity (Wildman–Crippen MR) is 91.9 cm³/mol. The normalized spacial score (nSPS) is 10.7. The Labute approximate surface area is 156 Å². The van der Waals surface area contributed by atoms with Crippen LogP contribution in [0.5, 0.6) is 0 Å². The number of hydrogen-bond acceptors (Lipinski definition) is 5. The van der Waals surface area contributed by atoms with Crippen molar-refractivity contribution in [3.05, 3.63) is 76.1 Å². The molecular formula is C18H12F3N3O4. The third-order valence-electron chi connectivity index (χ3n) is 3.74. The van der Waals surface area contributed by atoms with E-state index in [0.717, 1.165) is 18.2 Å². The quantitative estimate of drug-likeness (QED) is 0.501. The molecule has 10 heteroatoms. The van der Waals surface area contributed by atoms with Gasteiger partial charge in [-0.15, -0.1) is 0 Å². The molecule has 0 aliphatic heterocycles. The molecule has 0 atom stereocenters. The zero-order chi connectivity index (χ0) is 20.3. The summed E-state index contributed by atoms with van der Waals surface area (Å²) < 4.78 is 45.4. The number of amides is 1. The lowest BCUT2D eigenvalue weighted by atomic mass is 10.2. The van der Waals surface area contributed by atoms with Crippen LogP contribution in [0.1, 0.15) is 12.3 Å². The number of hydrogen-bond donors (Lipinski definition) is 1. The van der Waals surface area contributed by atoms with Crippen LogP contribution < -0.4 is 5.32 Å². The molecule has 3 rings (SSSR count). The third kappa shape index (κ3) is 4.34. The largest absolute Gasteiger partial charge is 0.441 e. The summed E-state index contributed by atoms with van der Waals surface area (Å²) in [6, 6.07) is 5.99. The maximum atomic E-state index is 13.8. The number of rotatable bonds is 6. The van der Waals surface area contributed by atoms with Crippen molar-refractivity contribution in [3.8, 4) is 11.3 Å². The van der Waals surface area contributed by atoms with Gasteiger partial charge < -0.3 is 9.73 Å². The number of carbonyl (C=O) groups excluding carboxylic acids is 1. The monoisotopic (exact) mass is 391 g/mol. The predicted octanol–water partition coefficient (Wildman–Crippen LogP) is 4.24. The number of benzene rings is 2. The number of oxazole rings is 1. The number of nitrogens with one attached hydrogen (secondary N) is 1. The summed E-state index contributed by atoms with van der Waals surface area (Å²) in [5.41, 5.74) is -0.653. The molecule has 1 N–H and O–H groups in total. The summed E-state index contributed by atoms with van der Waals surface area (Å²) in [7, 11) is 0. The van der Waals surface area contributed by atoms with Crippen molar-refractivity contribution in [1.29, 1.82) is 0 Å².